The minimum Gasteiger partial charge on any atom is -0.368 e. The van der Waals surface area contributed by atoms with Gasteiger partial charge in [-0.1, -0.05) is 17.7 Å². The van der Waals surface area contributed by atoms with E-state index in [0.717, 1.165) is 21.4 Å². The maximum Gasteiger partial charge on any atom is 0.254 e. The first-order valence-corrected chi connectivity index (χ1v) is 11.3. The zero-order valence-corrected chi connectivity index (χ0v) is 19.2. The molecule has 7 nitrogen and oxygen atoms in total. The molecule has 0 aliphatic heterocycles. The number of benzene rings is 2. The van der Waals surface area contributed by atoms with E-state index in [1.54, 1.807) is 53.0 Å². The van der Waals surface area contributed by atoms with E-state index < -0.39 is 5.91 Å². The summed E-state index contributed by atoms with van der Waals surface area (Å²) in [5, 5.41) is 0.939. The number of carbonyl (C=O) groups excluding carboxylic acids is 2. The second-order valence-corrected chi connectivity index (χ2v) is 8.53. The third-order valence-corrected chi connectivity index (χ3v) is 6.03. The van der Waals surface area contributed by atoms with Gasteiger partial charge in [0.1, 0.15) is 5.82 Å². The van der Waals surface area contributed by atoms with E-state index in [9.17, 15) is 14.0 Å². The van der Waals surface area contributed by atoms with Crippen LogP contribution in [0.3, 0.4) is 0 Å². The van der Waals surface area contributed by atoms with E-state index in [0.29, 0.717) is 22.6 Å². The van der Waals surface area contributed by atoms with Gasteiger partial charge in [0.15, 0.2) is 0 Å². The minimum atomic E-state index is -0.585. The summed E-state index contributed by atoms with van der Waals surface area (Å²) in [4.78, 5) is 35.1. The zero-order chi connectivity index (χ0) is 23.7. The number of primary amides is 1. The molecular weight excluding hydrogens is 441 g/mol. The van der Waals surface area contributed by atoms with E-state index >= 15 is 0 Å². The highest BCUT2D eigenvalue weighted by Crippen LogP contribution is 2.31. The van der Waals surface area contributed by atoms with Gasteiger partial charge in [0.2, 0.25) is 11.9 Å². The van der Waals surface area contributed by atoms with E-state index in [2.05, 4.69) is 9.97 Å². The monoisotopic (exact) mass is 463 g/mol. The maximum absolute atomic E-state index is 14.3. The lowest BCUT2D eigenvalue weighted by atomic mass is 10.1. The third-order valence-electron chi connectivity index (χ3n) is 5.26. The quantitative estimate of drug-likeness (QED) is 0.439. The molecule has 2 aromatic heterocycles. The van der Waals surface area contributed by atoms with Gasteiger partial charge >= 0.3 is 0 Å². The first-order valence-electron chi connectivity index (χ1n) is 10.1. The average molecular weight is 464 g/mol. The Morgan fingerprint density at radius 1 is 1.15 bits per heavy atom. The van der Waals surface area contributed by atoms with E-state index in [4.69, 9.17) is 5.73 Å². The van der Waals surface area contributed by atoms with Crippen molar-refractivity contribution >= 4 is 34.5 Å². The molecule has 0 aliphatic carbocycles. The van der Waals surface area contributed by atoms with Crippen LogP contribution >= 0.6 is 11.8 Å². The van der Waals surface area contributed by atoms with Crippen LogP contribution in [0.25, 0.3) is 28.0 Å². The normalized spacial score (nSPS) is 11.0. The van der Waals surface area contributed by atoms with Crippen molar-refractivity contribution in [2.75, 3.05) is 19.8 Å². The molecule has 4 aromatic rings. The number of rotatable bonds is 6. The maximum atomic E-state index is 14.3. The molecule has 0 bridgehead atoms. The largest absolute Gasteiger partial charge is 0.368 e. The summed E-state index contributed by atoms with van der Waals surface area (Å²) in [6.07, 6.45) is 7.03. The number of fused-ring (bicyclic) bond motifs is 1. The van der Waals surface area contributed by atoms with Gasteiger partial charge in [-0.25, -0.2) is 14.4 Å². The number of halogens is 1. The van der Waals surface area contributed by atoms with Crippen LogP contribution in [0.15, 0.2) is 59.9 Å². The Morgan fingerprint density at radius 2 is 1.88 bits per heavy atom. The smallest absolute Gasteiger partial charge is 0.254 e. The summed E-state index contributed by atoms with van der Waals surface area (Å²) in [5.74, 6) is -0.845. The first kappa shape index (κ1) is 22.5. The lowest BCUT2D eigenvalue weighted by Crippen LogP contribution is -2.35. The zero-order valence-electron chi connectivity index (χ0n) is 18.4. The Labute approximate surface area is 194 Å². The summed E-state index contributed by atoms with van der Waals surface area (Å²) in [6.45, 7) is 1.72. The molecule has 33 heavy (non-hydrogen) atoms. The van der Waals surface area contributed by atoms with Crippen molar-refractivity contribution in [3.8, 4) is 17.1 Å². The molecule has 2 N–H and O–H groups in total. The number of hydrogen-bond donors (Lipinski definition) is 1. The predicted molar refractivity (Wildman–Crippen MR) is 127 cm³/mol. The number of nitrogens with two attached hydrogens (primary N) is 1. The molecular formula is C24H22FN5O2S. The molecule has 0 saturated heterocycles. The molecule has 0 unspecified atom stereocenters. The average Bonchev–Trinajstić information content (AvgIpc) is 3.18. The second kappa shape index (κ2) is 9.03. The van der Waals surface area contributed by atoms with Crippen molar-refractivity contribution in [1.29, 1.82) is 0 Å². The molecule has 2 aromatic carbocycles. The molecule has 0 atom stereocenters. The van der Waals surface area contributed by atoms with Crippen LogP contribution in [0.4, 0.5) is 4.39 Å². The van der Waals surface area contributed by atoms with Gasteiger partial charge in [0.25, 0.3) is 5.91 Å². The lowest BCUT2D eigenvalue weighted by Gasteiger charge is -2.15. The Bertz CT molecular complexity index is 1370. The topological polar surface area (TPSA) is 94.1 Å². The minimum absolute atomic E-state index is 0.173. The molecule has 168 valence electrons. The van der Waals surface area contributed by atoms with Crippen LogP contribution in [-0.4, -0.2) is 51.1 Å². The number of aromatic nitrogens is 3. The summed E-state index contributed by atoms with van der Waals surface area (Å²) in [6, 6.07) is 10.2. The molecule has 2 heterocycles. The molecule has 0 saturated carbocycles. The Morgan fingerprint density at radius 3 is 2.55 bits per heavy atom. The van der Waals surface area contributed by atoms with E-state index in [1.165, 1.54) is 18.0 Å². The number of carbonyl (C=O) groups is 2. The van der Waals surface area contributed by atoms with Crippen LogP contribution in [0, 0.1) is 12.7 Å². The number of hydrogen-bond acceptors (Lipinski definition) is 5. The van der Waals surface area contributed by atoms with Gasteiger partial charge in [0, 0.05) is 52.6 Å². The van der Waals surface area contributed by atoms with Gasteiger partial charge < -0.3 is 10.6 Å². The van der Waals surface area contributed by atoms with Crippen LogP contribution in [0.1, 0.15) is 15.9 Å². The van der Waals surface area contributed by atoms with Crippen molar-refractivity contribution in [3.05, 3.63) is 71.9 Å². The van der Waals surface area contributed by atoms with Gasteiger partial charge in [-0.2, -0.15) is 0 Å². The molecule has 0 radical (unpaired) electrons. The van der Waals surface area contributed by atoms with Crippen LogP contribution in [0.5, 0.6) is 0 Å². The number of amides is 2. The number of likely N-dealkylation sites (N-methyl/N-ethyl adjacent to an activating group) is 1. The van der Waals surface area contributed by atoms with E-state index in [-0.39, 0.29) is 18.3 Å². The van der Waals surface area contributed by atoms with Crippen molar-refractivity contribution < 1.29 is 14.0 Å². The van der Waals surface area contributed by atoms with Gasteiger partial charge in [-0.15, -0.1) is 11.8 Å². The highest BCUT2D eigenvalue weighted by molar-refractivity contribution is 7.98. The summed E-state index contributed by atoms with van der Waals surface area (Å²) in [5.41, 5.74) is 8.32. The fourth-order valence-corrected chi connectivity index (χ4v) is 4.23. The van der Waals surface area contributed by atoms with Crippen molar-refractivity contribution in [3.63, 3.8) is 0 Å². The van der Waals surface area contributed by atoms with Crippen molar-refractivity contribution in [2.45, 2.75) is 11.8 Å². The molecule has 0 aliphatic rings. The fraction of sp³-hybridized carbons (Fsp3) is 0.167. The van der Waals surface area contributed by atoms with Gasteiger partial charge in [0.05, 0.1) is 12.1 Å². The lowest BCUT2D eigenvalue weighted by molar-refractivity contribution is -0.118. The number of thioether (sulfide) groups is 1. The summed E-state index contributed by atoms with van der Waals surface area (Å²) in [7, 11) is 1.52. The van der Waals surface area contributed by atoms with Crippen LogP contribution in [0.2, 0.25) is 0 Å². The van der Waals surface area contributed by atoms with Crippen LogP contribution in [-0.2, 0) is 4.79 Å². The van der Waals surface area contributed by atoms with E-state index in [1.807, 2.05) is 25.4 Å². The molecule has 4 rings (SSSR count). The molecule has 0 fully saturated rings. The Balaban J connectivity index is 1.76. The Kier molecular flexibility index (Phi) is 6.15. The summed E-state index contributed by atoms with van der Waals surface area (Å²) < 4.78 is 16.1. The fourth-order valence-electron chi connectivity index (χ4n) is 3.63. The number of aryl methyl sites for hydroxylation is 1. The standard InChI is InChI=1S/C24H22FN5O2S/c1-14-4-7-19(25)18(8-14)16-10-27-24(28-11-16)30-12-21(33-3)17-6-5-15(9-20(17)30)23(32)29(2)13-22(26)31/h4-12H,13H2,1-3H3,(H2,26,31). The van der Waals surface area contributed by atoms with Crippen molar-refractivity contribution in [2.24, 2.45) is 5.73 Å². The Hall–Kier alpha value is -3.72. The predicted octanol–water partition coefficient (Wildman–Crippen LogP) is 3.81. The van der Waals surface area contributed by atoms with Gasteiger partial charge in [-0.05, 0) is 37.4 Å². The second-order valence-electron chi connectivity index (χ2n) is 7.68. The van der Waals surface area contributed by atoms with Crippen molar-refractivity contribution in [1.82, 2.24) is 19.4 Å². The highest BCUT2D eigenvalue weighted by Gasteiger charge is 2.18. The highest BCUT2D eigenvalue weighted by atomic mass is 32.2. The molecule has 0 spiro atoms. The number of nitrogens with zero attached hydrogens (tertiary/aromatic N) is 4. The van der Waals surface area contributed by atoms with Crippen LogP contribution < -0.4 is 5.73 Å². The SMILES string of the molecule is CSc1cn(-c2ncc(-c3cc(C)ccc3F)cn2)c2cc(C(=O)N(C)CC(N)=O)ccc12. The summed E-state index contributed by atoms with van der Waals surface area (Å²) >= 11 is 1.56. The molecule has 2 amide bonds. The first-order chi connectivity index (χ1) is 15.8. The molecule has 9 heteroatoms. The van der Waals surface area contributed by atoms with Gasteiger partial charge in [-0.3, -0.25) is 14.2 Å². The third kappa shape index (κ3) is 4.45.